The molecule has 5 N–H and O–H groups in total. The third kappa shape index (κ3) is 13.2. The van der Waals surface area contributed by atoms with E-state index in [0.717, 1.165) is 5.56 Å². The summed E-state index contributed by atoms with van der Waals surface area (Å²) < 4.78 is 15.4. The van der Waals surface area contributed by atoms with Crippen LogP contribution in [0.15, 0.2) is 24.3 Å². The predicted molar refractivity (Wildman–Crippen MR) is 121 cm³/mol. The van der Waals surface area contributed by atoms with Crippen molar-refractivity contribution in [2.24, 2.45) is 5.73 Å². The second kappa shape index (κ2) is 16.6. The Hall–Kier alpha value is -3.02. The summed E-state index contributed by atoms with van der Waals surface area (Å²) >= 11 is 0. The minimum atomic E-state index is -0.809. The van der Waals surface area contributed by atoms with Gasteiger partial charge in [-0.05, 0) is 24.6 Å². The molecule has 0 spiro atoms. The smallest absolute Gasteiger partial charge is 0.305 e. The van der Waals surface area contributed by atoms with Gasteiger partial charge < -0.3 is 35.9 Å². The van der Waals surface area contributed by atoms with Crippen LogP contribution in [0.5, 0.6) is 0 Å². The van der Waals surface area contributed by atoms with Crippen LogP contribution in [0.3, 0.4) is 0 Å². The van der Waals surface area contributed by atoms with Crippen molar-refractivity contribution in [3.05, 3.63) is 29.8 Å². The molecule has 0 unspecified atom stereocenters. The Morgan fingerprint density at radius 2 is 1.64 bits per heavy atom. The first-order valence-corrected chi connectivity index (χ1v) is 10.8. The van der Waals surface area contributed by atoms with Gasteiger partial charge in [0.05, 0.1) is 33.0 Å². The average molecular weight is 467 g/mol. The van der Waals surface area contributed by atoms with E-state index in [1.54, 1.807) is 31.2 Å². The lowest BCUT2D eigenvalue weighted by molar-refractivity contribution is -0.144. The molecular weight excluding hydrogens is 432 g/mol. The number of hydrogen-bond donors (Lipinski definition) is 4. The molecule has 0 heterocycles. The molecule has 33 heavy (non-hydrogen) atoms. The summed E-state index contributed by atoms with van der Waals surface area (Å²) in [6, 6.07) is 6.00. The number of carbonyl (C=O) groups is 4. The zero-order valence-corrected chi connectivity index (χ0v) is 19.2. The minimum absolute atomic E-state index is 0.105. The summed E-state index contributed by atoms with van der Waals surface area (Å²) in [6.45, 7) is 5.03. The van der Waals surface area contributed by atoms with Crippen LogP contribution < -0.4 is 21.7 Å². The number of amides is 3. The molecule has 0 aliphatic heterocycles. The molecule has 1 rings (SSSR count). The quantitative estimate of drug-likeness (QED) is 0.197. The van der Waals surface area contributed by atoms with Gasteiger partial charge in [0, 0.05) is 25.1 Å². The molecule has 1 aromatic rings. The van der Waals surface area contributed by atoms with E-state index in [1.165, 1.54) is 6.92 Å². The molecule has 1 aromatic carbocycles. The van der Waals surface area contributed by atoms with Gasteiger partial charge in [0.15, 0.2) is 0 Å². The molecule has 11 nitrogen and oxygen atoms in total. The highest BCUT2D eigenvalue weighted by Gasteiger charge is 2.16. The molecule has 0 aromatic heterocycles. The van der Waals surface area contributed by atoms with Crippen molar-refractivity contribution < 1.29 is 33.4 Å². The average Bonchev–Trinajstić information content (AvgIpc) is 2.81. The van der Waals surface area contributed by atoms with E-state index < -0.39 is 17.9 Å². The zero-order valence-electron chi connectivity index (χ0n) is 19.2. The standard InChI is InChI=1S/C22H34N4O7/c1-3-21(29)33-15-17-4-6-18(7-5-17)26-22(30)16(2)25-20(28)14-24-19(27)8-10-31-12-13-32-11-9-23/h4-7,16H,3,8-15,23H2,1-2H3,(H,24,27)(H,25,28)(H,26,30)/t16-/m0/s1. The van der Waals surface area contributed by atoms with Gasteiger partial charge in [-0.3, -0.25) is 19.2 Å². The minimum Gasteiger partial charge on any atom is -0.461 e. The highest BCUT2D eigenvalue weighted by Crippen LogP contribution is 2.11. The van der Waals surface area contributed by atoms with Gasteiger partial charge in [-0.25, -0.2) is 0 Å². The first-order valence-electron chi connectivity index (χ1n) is 10.8. The Morgan fingerprint density at radius 1 is 0.970 bits per heavy atom. The molecule has 11 heteroatoms. The normalized spacial score (nSPS) is 11.4. The first-order chi connectivity index (χ1) is 15.8. The van der Waals surface area contributed by atoms with Crippen molar-refractivity contribution in [2.75, 3.05) is 44.8 Å². The van der Waals surface area contributed by atoms with Gasteiger partial charge in [-0.15, -0.1) is 0 Å². The van der Waals surface area contributed by atoms with Crippen molar-refractivity contribution in [3.8, 4) is 0 Å². The second-order valence-electron chi connectivity index (χ2n) is 7.03. The van der Waals surface area contributed by atoms with E-state index in [4.69, 9.17) is 19.9 Å². The van der Waals surface area contributed by atoms with Gasteiger partial charge in [-0.1, -0.05) is 19.1 Å². The van der Waals surface area contributed by atoms with Crippen molar-refractivity contribution >= 4 is 29.4 Å². The van der Waals surface area contributed by atoms with E-state index in [9.17, 15) is 19.2 Å². The van der Waals surface area contributed by atoms with Crippen LogP contribution >= 0.6 is 0 Å². The highest BCUT2D eigenvalue weighted by molar-refractivity contribution is 5.97. The lowest BCUT2D eigenvalue weighted by Crippen LogP contribution is -2.46. The first kappa shape index (κ1) is 28.0. The summed E-state index contributed by atoms with van der Waals surface area (Å²) in [5, 5.41) is 7.68. The van der Waals surface area contributed by atoms with Crippen LogP contribution in [0.25, 0.3) is 0 Å². The summed E-state index contributed by atoms with van der Waals surface area (Å²) in [4.78, 5) is 47.2. The molecule has 0 aliphatic rings. The number of nitrogens with two attached hydrogens (primary N) is 1. The third-order valence-electron chi connectivity index (χ3n) is 4.23. The van der Waals surface area contributed by atoms with E-state index in [-0.39, 0.29) is 38.1 Å². The molecule has 3 amide bonds. The maximum absolute atomic E-state index is 12.3. The maximum Gasteiger partial charge on any atom is 0.305 e. The molecule has 0 saturated heterocycles. The van der Waals surface area contributed by atoms with Crippen LogP contribution in [0.1, 0.15) is 32.3 Å². The molecule has 184 valence electrons. The fourth-order valence-corrected chi connectivity index (χ4v) is 2.40. The van der Waals surface area contributed by atoms with Crippen molar-refractivity contribution in [2.45, 2.75) is 39.3 Å². The fraction of sp³-hybridized carbons (Fsp3) is 0.545. The number of benzene rings is 1. The van der Waals surface area contributed by atoms with Gasteiger partial charge >= 0.3 is 5.97 Å². The molecule has 0 bridgehead atoms. The van der Waals surface area contributed by atoms with E-state index >= 15 is 0 Å². The van der Waals surface area contributed by atoms with Gasteiger partial charge in [0.2, 0.25) is 17.7 Å². The summed E-state index contributed by atoms with van der Waals surface area (Å²) in [5.74, 6) is -1.53. The Bertz CT molecular complexity index is 756. The van der Waals surface area contributed by atoms with Crippen LogP contribution in [0.4, 0.5) is 5.69 Å². The molecule has 1 atom stereocenters. The van der Waals surface area contributed by atoms with Crippen LogP contribution in [0.2, 0.25) is 0 Å². The number of ether oxygens (including phenoxy) is 3. The number of rotatable bonds is 16. The van der Waals surface area contributed by atoms with E-state index in [2.05, 4.69) is 16.0 Å². The van der Waals surface area contributed by atoms with Gasteiger partial charge in [0.25, 0.3) is 0 Å². The van der Waals surface area contributed by atoms with E-state index in [1.807, 2.05) is 0 Å². The zero-order chi connectivity index (χ0) is 24.5. The summed E-state index contributed by atoms with van der Waals surface area (Å²) in [5.41, 5.74) is 6.61. The lowest BCUT2D eigenvalue weighted by atomic mass is 10.2. The third-order valence-corrected chi connectivity index (χ3v) is 4.23. The fourth-order valence-electron chi connectivity index (χ4n) is 2.40. The highest BCUT2D eigenvalue weighted by atomic mass is 16.5. The van der Waals surface area contributed by atoms with Crippen LogP contribution in [-0.2, 0) is 40.0 Å². The number of esters is 1. The van der Waals surface area contributed by atoms with E-state index in [0.29, 0.717) is 38.5 Å². The second-order valence-corrected chi connectivity index (χ2v) is 7.03. The van der Waals surface area contributed by atoms with Gasteiger partial charge in [-0.2, -0.15) is 0 Å². The number of carbonyl (C=O) groups excluding carboxylic acids is 4. The SMILES string of the molecule is CCC(=O)OCc1ccc(NC(=O)[C@H](C)NC(=O)CNC(=O)CCOCCOCCN)cc1. The molecule has 0 fully saturated rings. The number of anilines is 1. The number of nitrogens with one attached hydrogen (secondary N) is 3. The lowest BCUT2D eigenvalue weighted by Gasteiger charge is -2.15. The topological polar surface area (TPSA) is 158 Å². The van der Waals surface area contributed by atoms with Crippen LogP contribution in [0, 0.1) is 0 Å². The maximum atomic E-state index is 12.3. The van der Waals surface area contributed by atoms with Crippen molar-refractivity contribution in [1.29, 1.82) is 0 Å². The predicted octanol–water partition coefficient (Wildman–Crippen LogP) is 0.0812. The summed E-state index contributed by atoms with van der Waals surface area (Å²) in [7, 11) is 0. The molecular formula is C22H34N4O7. The summed E-state index contributed by atoms with van der Waals surface area (Å²) in [6.07, 6.45) is 0.412. The Labute approximate surface area is 193 Å². The Kier molecular flexibility index (Phi) is 14.1. The van der Waals surface area contributed by atoms with Crippen molar-refractivity contribution in [1.82, 2.24) is 10.6 Å². The Balaban J connectivity index is 2.24. The van der Waals surface area contributed by atoms with Crippen molar-refractivity contribution in [3.63, 3.8) is 0 Å². The van der Waals surface area contributed by atoms with Crippen LogP contribution in [-0.4, -0.2) is 69.2 Å². The largest absolute Gasteiger partial charge is 0.461 e. The Morgan fingerprint density at radius 3 is 2.27 bits per heavy atom. The molecule has 0 saturated carbocycles. The van der Waals surface area contributed by atoms with Gasteiger partial charge in [0.1, 0.15) is 12.6 Å². The number of hydrogen-bond acceptors (Lipinski definition) is 8. The monoisotopic (exact) mass is 466 g/mol. The molecule has 0 radical (unpaired) electrons. The molecule has 0 aliphatic carbocycles.